The van der Waals surface area contributed by atoms with Crippen LogP contribution >= 0.6 is 0 Å². The lowest BCUT2D eigenvalue weighted by molar-refractivity contribution is 0.102. The molecule has 2 aromatic rings. The third-order valence-corrected chi connectivity index (χ3v) is 2.55. The van der Waals surface area contributed by atoms with E-state index in [-0.39, 0.29) is 11.6 Å². The van der Waals surface area contributed by atoms with Gasteiger partial charge in [-0.1, -0.05) is 12.1 Å². The molecule has 1 N–H and O–H groups in total. The highest BCUT2D eigenvalue weighted by molar-refractivity contribution is 6.04. The van der Waals surface area contributed by atoms with E-state index in [1.54, 1.807) is 36.4 Å². The fourth-order valence-corrected chi connectivity index (χ4v) is 1.63. The van der Waals surface area contributed by atoms with Crippen LogP contribution in [0.2, 0.25) is 0 Å². The van der Waals surface area contributed by atoms with Crippen LogP contribution in [0.15, 0.2) is 48.5 Å². The van der Waals surface area contributed by atoms with Crippen molar-refractivity contribution in [2.45, 2.75) is 6.92 Å². The van der Waals surface area contributed by atoms with E-state index in [9.17, 15) is 9.18 Å². The topological polar surface area (TPSA) is 38.3 Å². The van der Waals surface area contributed by atoms with Gasteiger partial charge in [-0.15, -0.1) is 0 Å². The van der Waals surface area contributed by atoms with Gasteiger partial charge < -0.3 is 10.1 Å². The first-order valence-electron chi connectivity index (χ1n) is 5.99. The molecule has 0 radical (unpaired) electrons. The molecule has 0 aromatic heterocycles. The number of hydrogen-bond acceptors (Lipinski definition) is 2. The second-order valence-electron chi connectivity index (χ2n) is 3.89. The molecule has 0 aliphatic carbocycles. The van der Waals surface area contributed by atoms with Crippen LogP contribution in [-0.4, -0.2) is 12.5 Å². The van der Waals surface area contributed by atoms with E-state index in [0.29, 0.717) is 17.9 Å². The Bertz CT molecular complexity index is 567. The highest BCUT2D eigenvalue weighted by Crippen LogP contribution is 2.16. The number of anilines is 1. The normalized spacial score (nSPS) is 10.0. The van der Waals surface area contributed by atoms with Crippen molar-refractivity contribution in [1.29, 1.82) is 0 Å². The Morgan fingerprint density at radius 3 is 2.47 bits per heavy atom. The first kappa shape index (κ1) is 13.1. The van der Waals surface area contributed by atoms with Gasteiger partial charge in [0.25, 0.3) is 5.91 Å². The van der Waals surface area contributed by atoms with Crippen LogP contribution in [0.1, 0.15) is 17.3 Å². The molecule has 98 valence electrons. The summed E-state index contributed by atoms with van der Waals surface area (Å²) < 4.78 is 18.7. The summed E-state index contributed by atoms with van der Waals surface area (Å²) in [5.41, 5.74) is 0.619. The standard InChI is InChI=1S/C15H14FNO2/c1-2-19-12-9-7-11(8-10-12)15(18)17-14-6-4-3-5-13(14)16/h3-10H,2H2,1H3,(H,17,18). The number of hydrogen-bond donors (Lipinski definition) is 1. The molecule has 0 fully saturated rings. The van der Waals surface area contributed by atoms with Gasteiger partial charge in [-0.2, -0.15) is 0 Å². The fourth-order valence-electron chi connectivity index (χ4n) is 1.63. The molecule has 0 aliphatic rings. The first-order valence-corrected chi connectivity index (χ1v) is 5.99. The summed E-state index contributed by atoms with van der Waals surface area (Å²) in [7, 11) is 0. The number of carbonyl (C=O) groups is 1. The van der Waals surface area contributed by atoms with Gasteiger partial charge in [0.2, 0.25) is 0 Å². The Hall–Kier alpha value is -2.36. The zero-order chi connectivity index (χ0) is 13.7. The maximum atomic E-state index is 13.4. The number of ether oxygens (including phenoxy) is 1. The zero-order valence-corrected chi connectivity index (χ0v) is 10.5. The fraction of sp³-hybridized carbons (Fsp3) is 0.133. The minimum atomic E-state index is -0.457. The Labute approximate surface area is 111 Å². The lowest BCUT2D eigenvalue weighted by Gasteiger charge is -2.07. The largest absolute Gasteiger partial charge is 0.494 e. The Morgan fingerprint density at radius 2 is 1.84 bits per heavy atom. The van der Waals surface area contributed by atoms with E-state index in [1.807, 2.05) is 6.92 Å². The number of carbonyl (C=O) groups excluding carboxylic acids is 1. The highest BCUT2D eigenvalue weighted by atomic mass is 19.1. The number of amides is 1. The Balaban J connectivity index is 2.10. The van der Waals surface area contributed by atoms with Crippen molar-refractivity contribution in [3.63, 3.8) is 0 Å². The maximum absolute atomic E-state index is 13.4. The lowest BCUT2D eigenvalue weighted by atomic mass is 10.2. The Morgan fingerprint density at radius 1 is 1.16 bits per heavy atom. The molecule has 2 aromatic carbocycles. The lowest BCUT2D eigenvalue weighted by Crippen LogP contribution is -2.12. The molecule has 0 aliphatic heterocycles. The summed E-state index contributed by atoms with van der Waals surface area (Å²) in [5.74, 6) is -0.111. The van der Waals surface area contributed by atoms with Gasteiger partial charge in [0, 0.05) is 5.56 Å². The molecule has 0 spiro atoms. The van der Waals surface area contributed by atoms with Crippen LogP contribution in [0, 0.1) is 5.82 Å². The minimum absolute atomic E-state index is 0.168. The van der Waals surface area contributed by atoms with Gasteiger partial charge in [-0.25, -0.2) is 4.39 Å². The summed E-state index contributed by atoms with van der Waals surface area (Å²) in [4.78, 5) is 11.9. The van der Waals surface area contributed by atoms with Crippen molar-refractivity contribution in [2.24, 2.45) is 0 Å². The van der Waals surface area contributed by atoms with Crippen molar-refractivity contribution in [3.8, 4) is 5.75 Å². The third-order valence-electron chi connectivity index (χ3n) is 2.55. The second kappa shape index (κ2) is 6.00. The average molecular weight is 259 g/mol. The first-order chi connectivity index (χ1) is 9.20. The van der Waals surface area contributed by atoms with Gasteiger partial charge in [0.05, 0.1) is 12.3 Å². The SMILES string of the molecule is CCOc1ccc(C(=O)Nc2ccccc2F)cc1. The van der Waals surface area contributed by atoms with Gasteiger partial charge in [0.1, 0.15) is 11.6 Å². The van der Waals surface area contributed by atoms with Crippen LogP contribution in [0.25, 0.3) is 0 Å². The maximum Gasteiger partial charge on any atom is 0.255 e. The van der Waals surface area contributed by atoms with E-state index in [2.05, 4.69) is 5.32 Å². The molecule has 3 nitrogen and oxygen atoms in total. The minimum Gasteiger partial charge on any atom is -0.494 e. The van der Waals surface area contributed by atoms with Gasteiger partial charge in [-0.3, -0.25) is 4.79 Å². The summed E-state index contributed by atoms with van der Waals surface area (Å²) in [6, 6.07) is 12.7. The van der Waals surface area contributed by atoms with Gasteiger partial charge in [0.15, 0.2) is 0 Å². The van der Waals surface area contributed by atoms with E-state index in [1.165, 1.54) is 12.1 Å². The van der Waals surface area contributed by atoms with Crippen molar-refractivity contribution < 1.29 is 13.9 Å². The molecule has 2 rings (SSSR count). The highest BCUT2D eigenvalue weighted by Gasteiger charge is 2.08. The molecular weight excluding hydrogens is 245 g/mol. The average Bonchev–Trinajstić information content (AvgIpc) is 2.42. The quantitative estimate of drug-likeness (QED) is 0.912. The van der Waals surface area contributed by atoms with Gasteiger partial charge in [-0.05, 0) is 43.3 Å². The van der Waals surface area contributed by atoms with Crippen LogP contribution in [-0.2, 0) is 0 Å². The molecule has 4 heteroatoms. The third kappa shape index (κ3) is 3.31. The van der Waals surface area contributed by atoms with E-state index in [0.717, 1.165) is 0 Å². The summed E-state index contributed by atoms with van der Waals surface area (Å²) in [6.07, 6.45) is 0. The molecule has 0 atom stereocenters. The van der Waals surface area contributed by atoms with Crippen molar-refractivity contribution >= 4 is 11.6 Å². The summed E-state index contributed by atoms with van der Waals surface area (Å²) >= 11 is 0. The van der Waals surface area contributed by atoms with Gasteiger partial charge >= 0.3 is 0 Å². The second-order valence-corrected chi connectivity index (χ2v) is 3.89. The molecule has 0 unspecified atom stereocenters. The smallest absolute Gasteiger partial charge is 0.255 e. The number of para-hydroxylation sites is 1. The number of halogens is 1. The van der Waals surface area contributed by atoms with Crippen molar-refractivity contribution in [1.82, 2.24) is 0 Å². The molecule has 0 saturated heterocycles. The molecule has 0 bridgehead atoms. The molecule has 1 amide bonds. The molecular formula is C15H14FNO2. The summed E-state index contributed by atoms with van der Waals surface area (Å²) in [6.45, 7) is 2.46. The van der Waals surface area contributed by atoms with E-state index < -0.39 is 5.82 Å². The van der Waals surface area contributed by atoms with Crippen molar-refractivity contribution in [3.05, 3.63) is 59.9 Å². The van der Waals surface area contributed by atoms with Crippen molar-refractivity contribution in [2.75, 3.05) is 11.9 Å². The predicted octanol–water partition coefficient (Wildman–Crippen LogP) is 3.48. The molecule has 0 saturated carbocycles. The number of nitrogens with one attached hydrogen (secondary N) is 1. The van der Waals surface area contributed by atoms with Crippen LogP contribution in [0.4, 0.5) is 10.1 Å². The number of rotatable bonds is 4. The van der Waals surface area contributed by atoms with Crippen LogP contribution in [0.5, 0.6) is 5.75 Å². The van der Waals surface area contributed by atoms with Crippen LogP contribution < -0.4 is 10.1 Å². The monoisotopic (exact) mass is 259 g/mol. The zero-order valence-electron chi connectivity index (χ0n) is 10.5. The molecule has 19 heavy (non-hydrogen) atoms. The number of benzene rings is 2. The predicted molar refractivity (Wildman–Crippen MR) is 72.0 cm³/mol. The van der Waals surface area contributed by atoms with E-state index >= 15 is 0 Å². The Kier molecular flexibility index (Phi) is 4.13. The molecule has 0 heterocycles. The van der Waals surface area contributed by atoms with Crippen LogP contribution in [0.3, 0.4) is 0 Å². The van der Waals surface area contributed by atoms with E-state index in [4.69, 9.17) is 4.74 Å². The summed E-state index contributed by atoms with van der Waals surface area (Å²) in [5, 5.41) is 2.52.